The number of nitrogens with one attached hydrogen (secondary N) is 1. The Morgan fingerprint density at radius 1 is 0.840 bits per heavy atom. The predicted octanol–water partition coefficient (Wildman–Crippen LogP) is 5.19. The SMILES string of the molecule is O=C(Nc1nnc(-c2cccs2)s1)c1ccc(-c2ccccc2)cc1. The van der Waals surface area contributed by atoms with Crippen LogP contribution in [0.3, 0.4) is 0 Å². The summed E-state index contributed by atoms with van der Waals surface area (Å²) in [5.74, 6) is -0.187. The Balaban J connectivity index is 1.48. The molecule has 4 aromatic rings. The second-order valence-electron chi connectivity index (χ2n) is 5.29. The van der Waals surface area contributed by atoms with Crippen molar-refractivity contribution in [2.24, 2.45) is 0 Å². The van der Waals surface area contributed by atoms with Gasteiger partial charge in [-0.1, -0.05) is 59.9 Å². The zero-order valence-corrected chi connectivity index (χ0v) is 14.7. The lowest BCUT2D eigenvalue weighted by Gasteiger charge is -2.04. The summed E-state index contributed by atoms with van der Waals surface area (Å²) in [5, 5.41) is 14.3. The summed E-state index contributed by atoms with van der Waals surface area (Å²) in [4.78, 5) is 13.4. The van der Waals surface area contributed by atoms with Crippen molar-refractivity contribution >= 4 is 33.7 Å². The van der Waals surface area contributed by atoms with Crippen LogP contribution in [0.1, 0.15) is 10.4 Å². The molecular weight excluding hydrogens is 350 g/mol. The van der Waals surface area contributed by atoms with Crippen LogP contribution in [-0.2, 0) is 0 Å². The van der Waals surface area contributed by atoms with Gasteiger partial charge in [-0.15, -0.1) is 21.5 Å². The summed E-state index contributed by atoms with van der Waals surface area (Å²) >= 11 is 2.97. The van der Waals surface area contributed by atoms with Crippen molar-refractivity contribution in [1.82, 2.24) is 10.2 Å². The van der Waals surface area contributed by atoms with E-state index < -0.39 is 0 Å². The Bertz CT molecular complexity index is 977. The first-order valence-electron chi connectivity index (χ1n) is 7.64. The van der Waals surface area contributed by atoms with Crippen LogP contribution in [0, 0.1) is 0 Å². The normalized spacial score (nSPS) is 10.6. The number of anilines is 1. The quantitative estimate of drug-likeness (QED) is 0.543. The molecule has 1 amide bonds. The zero-order valence-electron chi connectivity index (χ0n) is 13.0. The van der Waals surface area contributed by atoms with Gasteiger partial charge >= 0.3 is 0 Å². The van der Waals surface area contributed by atoms with Gasteiger partial charge in [-0.3, -0.25) is 10.1 Å². The van der Waals surface area contributed by atoms with Gasteiger partial charge in [0.2, 0.25) is 5.13 Å². The Morgan fingerprint density at radius 2 is 1.60 bits per heavy atom. The monoisotopic (exact) mass is 363 g/mol. The van der Waals surface area contributed by atoms with Gasteiger partial charge in [-0.25, -0.2) is 0 Å². The molecule has 0 bridgehead atoms. The van der Waals surface area contributed by atoms with Crippen LogP contribution in [0.25, 0.3) is 21.0 Å². The summed E-state index contributed by atoms with van der Waals surface area (Å²) in [6.45, 7) is 0. The first-order chi connectivity index (χ1) is 12.3. The topological polar surface area (TPSA) is 54.9 Å². The van der Waals surface area contributed by atoms with E-state index in [2.05, 4.69) is 15.5 Å². The third-order valence-electron chi connectivity index (χ3n) is 3.63. The molecule has 0 saturated heterocycles. The Kier molecular flexibility index (Phi) is 4.37. The molecule has 0 unspecified atom stereocenters. The molecule has 0 fully saturated rings. The molecule has 0 spiro atoms. The van der Waals surface area contributed by atoms with Crippen molar-refractivity contribution in [3.63, 3.8) is 0 Å². The van der Waals surface area contributed by atoms with Crippen molar-refractivity contribution in [1.29, 1.82) is 0 Å². The third-order valence-corrected chi connectivity index (χ3v) is 5.51. The largest absolute Gasteiger partial charge is 0.296 e. The minimum atomic E-state index is -0.187. The van der Waals surface area contributed by atoms with Gasteiger partial charge in [-0.05, 0) is 34.7 Å². The lowest BCUT2D eigenvalue weighted by atomic mass is 10.0. The van der Waals surface area contributed by atoms with Crippen LogP contribution in [0.4, 0.5) is 5.13 Å². The maximum atomic E-state index is 12.4. The van der Waals surface area contributed by atoms with Crippen LogP contribution in [0.5, 0.6) is 0 Å². The molecule has 2 heterocycles. The lowest BCUT2D eigenvalue weighted by molar-refractivity contribution is 0.102. The van der Waals surface area contributed by atoms with E-state index in [9.17, 15) is 4.79 Å². The number of amides is 1. The van der Waals surface area contributed by atoms with Crippen LogP contribution in [-0.4, -0.2) is 16.1 Å². The molecular formula is C19H13N3OS2. The fraction of sp³-hybridized carbons (Fsp3) is 0. The Morgan fingerprint density at radius 3 is 2.32 bits per heavy atom. The molecule has 2 aromatic carbocycles. The minimum absolute atomic E-state index is 0.187. The van der Waals surface area contributed by atoms with Crippen LogP contribution in [0.2, 0.25) is 0 Å². The van der Waals surface area contributed by atoms with Gasteiger partial charge in [0, 0.05) is 5.56 Å². The summed E-state index contributed by atoms with van der Waals surface area (Å²) < 4.78 is 0. The standard InChI is InChI=1S/C19H13N3OS2/c23-17(20-19-22-21-18(25-19)16-7-4-12-24-16)15-10-8-14(9-11-15)13-5-2-1-3-6-13/h1-12H,(H,20,22,23). The predicted molar refractivity (Wildman–Crippen MR) is 103 cm³/mol. The number of carbonyl (C=O) groups excluding carboxylic acids is 1. The van der Waals surface area contributed by atoms with Gasteiger partial charge in [0.1, 0.15) is 0 Å². The molecule has 6 heteroatoms. The fourth-order valence-electron chi connectivity index (χ4n) is 2.39. The number of rotatable bonds is 4. The lowest BCUT2D eigenvalue weighted by Crippen LogP contribution is -2.11. The number of benzene rings is 2. The van der Waals surface area contributed by atoms with Crippen molar-refractivity contribution in [3.05, 3.63) is 77.7 Å². The third kappa shape index (κ3) is 3.50. The van der Waals surface area contributed by atoms with E-state index in [4.69, 9.17) is 0 Å². The van der Waals surface area contributed by atoms with Gasteiger partial charge in [0.25, 0.3) is 5.91 Å². The zero-order chi connectivity index (χ0) is 17.1. The highest BCUT2D eigenvalue weighted by atomic mass is 32.1. The fourth-order valence-corrected chi connectivity index (χ4v) is 3.92. The Hall–Kier alpha value is -2.83. The minimum Gasteiger partial charge on any atom is -0.296 e. The average Bonchev–Trinajstić information content (AvgIpc) is 3.34. The van der Waals surface area contributed by atoms with Gasteiger partial charge in [0.15, 0.2) is 5.01 Å². The van der Waals surface area contributed by atoms with Crippen molar-refractivity contribution < 1.29 is 4.79 Å². The number of hydrogen-bond acceptors (Lipinski definition) is 5. The molecule has 4 rings (SSSR count). The van der Waals surface area contributed by atoms with Gasteiger partial charge in [0.05, 0.1) is 4.88 Å². The summed E-state index contributed by atoms with van der Waals surface area (Å²) in [6, 6.07) is 21.5. The van der Waals surface area contributed by atoms with E-state index >= 15 is 0 Å². The number of aromatic nitrogens is 2. The van der Waals surface area contributed by atoms with Crippen LogP contribution < -0.4 is 5.32 Å². The summed E-state index contributed by atoms with van der Waals surface area (Å²) in [7, 11) is 0. The number of nitrogens with zero attached hydrogens (tertiary/aromatic N) is 2. The Labute approximate surface area is 152 Å². The molecule has 0 atom stereocenters. The van der Waals surface area contributed by atoms with Crippen LogP contribution in [0.15, 0.2) is 72.1 Å². The number of carbonyl (C=O) groups is 1. The molecule has 122 valence electrons. The van der Waals surface area contributed by atoms with Gasteiger partial charge in [-0.2, -0.15) is 0 Å². The van der Waals surface area contributed by atoms with Gasteiger partial charge < -0.3 is 0 Å². The maximum absolute atomic E-state index is 12.4. The summed E-state index contributed by atoms with van der Waals surface area (Å²) in [6.07, 6.45) is 0. The molecule has 2 aromatic heterocycles. The molecule has 25 heavy (non-hydrogen) atoms. The molecule has 0 aliphatic heterocycles. The highest BCUT2D eigenvalue weighted by Crippen LogP contribution is 2.30. The highest BCUT2D eigenvalue weighted by molar-refractivity contribution is 7.23. The number of hydrogen-bond donors (Lipinski definition) is 1. The van der Waals surface area contributed by atoms with E-state index in [1.54, 1.807) is 11.3 Å². The molecule has 0 saturated carbocycles. The van der Waals surface area contributed by atoms with Crippen molar-refractivity contribution in [2.75, 3.05) is 5.32 Å². The van der Waals surface area contributed by atoms with E-state index in [1.165, 1.54) is 11.3 Å². The molecule has 4 nitrogen and oxygen atoms in total. The smallest absolute Gasteiger partial charge is 0.257 e. The van der Waals surface area contributed by atoms with E-state index in [-0.39, 0.29) is 5.91 Å². The molecule has 0 aliphatic rings. The average molecular weight is 363 g/mol. The summed E-state index contributed by atoms with van der Waals surface area (Å²) in [5.41, 5.74) is 2.79. The van der Waals surface area contributed by atoms with E-state index in [1.807, 2.05) is 72.1 Å². The van der Waals surface area contributed by atoms with Crippen LogP contribution >= 0.6 is 22.7 Å². The maximum Gasteiger partial charge on any atom is 0.257 e. The first-order valence-corrected chi connectivity index (χ1v) is 9.33. The number of thiophene rings is 1. The second kappa shape index (κ2) is 6.96. The first kappa shape index (κ1) is 15.7. The van der Waals surface area contributed by atoms with Crippen molar-refractivity contribution in [3.8, 4) is 21.0 Å². The highest BCUT2D eigenvalue weighted by Gasteiger charge is 2.12. The van der Waals surface area contributed by atoms with E-state index in [0.717, 1.165) is 21.0 Å². The van der Waals surface area contributed by atoms with E-state index in [0.29, 0.717) is 10.7 Å². The molecule has 1 N–H and O–H groups in total. The second-order valence-corrected chi connectivity index (χ2v) is 7.21. The molecule has 0 radical (unpaired) electrons. The molecule has 0 aliphatic carbocycles. The van der Waals surface area contributed by atoms with Crippen molar-refractivity contribution in [2.45, 2.75) is 0 Å².